The van der Waals surface area contributed by atoms with E-state index in [2.05, 4.69) is 23.9 Å². The minimum absolute atomic E-state index is 0.468. The molecule has 1 heterocycles. The Kier molecular flexibility index (Phi) is 6.10. The highest BCUT2D eigenvalue weighted by Crippen LogP contribution is 2.17. The van der Waals surface area contributed by atoms with Crippen molar-refractivity contribution in [1.29, 1.82) is 0 Å². The van der Waals surface area contributed by atoms with Gasteiger partial charge in [-0.1, -0.05) is 19.0 Å². The average molecular weight is 230 g/mol. The largest absolute Gasteiger partial charge is 0.411 e. The maximum absolute atomic E-state index is 8.86. The molecule has 1 fully saturated rings. The lowest BCUT2D eigenvalue weighted by Gasteiger charge is -2.32. The first-order valence-corrected chi connectivity index (χ1v) is 6.98. The monoisotopic (exact) mass is 230 g/mol. The summed E-state index contributed by atoms with van der Waals surface area (Å²) in [6, 6.07) is 0. The molecule has 1 rings (SSSR count). The molecule has 0 amide bonds. The molecule has 4 heteroatoms. The van der Waals surface area contributed by atoms with Crippen molar-refractivity contribution in [3.8, 4) is 0 Å². The van der Waals surface area contributed by atoms with Gasteiger partial charge in [-0.05, 0) is 12.2 Å². The summed E-state index contributed by atoms with van der Waals surface area (Å²) in [5.41, 5.74) is 0.997. The normalized spacial score (nSPS) is 26.0. The summed E-state index contributed by atoms with van der Waals surface area (Å²) in [7, 11) is 0. The molecule has 1 saturated heterocycles. The summed E-state index contributed by atoms with van der Waals surface area (Å²) in [4.78, 5) is 2.49. The van der Waals surface area contributed by atoms with Crippen LogP contribution in [-0.2, 0) is 0 Å². The van der Waals surface area contributed by atoms with Gasteiger partial charge in [0.05, 0.1) is 5.71 Å². The van der Waals surface area contributed by atoms with Gasteiger partial charge in [0, 0.05) is 37.7 Å². The van der Waals surface area contributed by atoms with Crippen LogP contribution in [-0.4, -0.2) is 47.0 Å². The van der Waals surface area contributed by atoms with Crippen LogP contribution in [0.4, 0.5) is 0 Å². The van der Waals surface area contributed by atoms with Crippen molar-refractivity contribution >= 4 is 17.5 Å². The molecule has 0 aromatic carbocycles. The maximum Gasteiger partial charge on any atom is 0.0627 e. The number of likely N-dealkylation sites (tertiary alicyclic amines) is 1. The number of oxime groups is 1. The van der Waals surface area contributed by atoms with Crippen LogP contribution in [0, 0.1) is 5.92 Å². The van der Waals surface area contributed by atoms with Gasteiger partial charge in [-0.15, -0.1) is 0 Å². The lowest BCUT2D eigenvalue weighted by atomic mass is 9.93. The minimum atomic E-state index is 0.468. The lowest BCUT2D eigenvalue weighted by molar-refractivity contribution is 0.239. The fraction of sp³-hybridized carbons (Fsp3) is 0.909. The minimum Gasteiger partial charge on any atom is -0.411 e. The number of hydrogen-bond acceptors (Lipinski definition) is 4. The smallest absolute Gasteiger partial charge is 0.0627 e. The topological polar surface area (TPSA) is 35.8 Å². The third-order valence-corrected chi connectivity index (χ3v) is 3.89. The highest BCUT2D eigenvalue weighted by atomic mass is 32.2. The maximum atomic E-state index is 8.86. The summed E-state index contributed by atoms with van der Waals surface area (Å²) >= 11 is 2.00. The molecule has 0 spiro atoms. The van der Waals surface area contributed by atoms with Crippen LogP contribution < -0.4 is 0 Å². The Morgan fingerprint density at radius 3 is 2.93 bits per heavy atom. The van der Waals surface area contributed by atoms with Crippen molar-refractivity contribution in [2.45, 2.75) is 26.7 Å². The van der Waals surface area contributed by atoms with Crippen molar-refractivity contribution in [3.63, 3.8) is 0 Å². The zero-order chi connectivity index (χ0) is 11.1. The standard InChI is InChI=1S/C11H22N2OS/c1-3-10-9-13(7-8-15-4-2)6-5-11(10)12-14/h10,14H,3-9H2,1-2H3. The Balaban J connectivity index is 2.32. The van der Waals surface area contributed by atoms with Crippen LogP contribution >= 0.6 is 11.8 Å². The molecule has 1 aliphatic rings. The Morgan fingerprint density at radius 1 is 1.53 bits per heavy atom. The summed E-state index contributed by atoms with van der Waals surface area (Å²) in [6.07, 6.45) is 2.02. The molecule has 0 aliphatic carbocycles. The molecule has 88 valence electrons. The molecular weight excluding hydrogens is 208 g/mol. The molecule has 0 aromatic heterocycles. The van der Waals surface area contributed by atoms with E-state index >= 15 is 0 Å². The van der Waals surface area contributed by atoms with E-state index in [1.54, 1.807) is 0 Å². The SMILES string of the molecule is CCSCCN1CCC(=NO)C(CC)C1. The van der Waals surface area contributed by atoms with E-state index in [1.165, 1.54) is 18.1 Å². The van der Waals surface area contributed by atoms with Gasteiger partial charge in [-0.3, -0.25) is 0 Å². The van der Waals surface area contributed by atoms with Gasteiger partial charge in [0.15, 0.2) is 0 Å². The molecule has 0 aromatic rings. The molecule has 3 nitrogen and oxygen atoms in total. The van der Waals surface area contributed by atoms with Crippen molar-refractivity contribution < 1.29 is 5.21 Å². The Labute approximate surface area is 96.9 Å². The van der Waals surface area contributed by atoms with E-state index in [0.29, 0.717) is 5.92 Å². The van der Waals surface area contributed by atoms with E-state index in [9.17, 15) is 0 Å². The van der Waals surface area contributed by atoms with E-state index in [0.717, 1.165) is 31.6 Å². The van der Waals surface area contributed by atoms with Gasteiger partial charge in [0.1, 0.15) is 0 Å². The van der Waals surface area contributed by atoms with E-state index in [-0.39, 0.29) is 0 Å². The summed E-state index contributed by atoms with van der Waals surface area (Å²) in [5, 5.41) is 12.3. The van der Waals surface area contributed by atoms with Crippen LogP contribution in [0.25, 0.3) is 0 Å². The average Bonchev–Trinajstić information content (AvgIpc) is 2.29. The van der Waals surface area contributed by atoms with Gasteiger partial charge >= 0.3 is 0 Å². The predicted octanol–water partition coefficient (Wildman–Crippen LogP) is 2.30. The highest BCUT2D eigenvalue weighted by Gasteiger charge is 2.24. The quantitative estimate of drug-likeness (QED) is 0.447. The first-order chi connectivity index (χ1) is 7.31. The first kappa shape index (κ1) is 12.8. The summed E-state index contributed by atoms with van der Waals surface area (Å²) < 4.78 is 0. The number of nitrogens with zero attached hydrogens (tertiary/aromatic N) is 2. The summed E-state index contributed by atoms with van der Waals surface area (Å²) in [5.74, 6) is 2.89. The molecule has 1 aliphatic heterocycles. The van der Waals surface area contributed by atoms with Gasteiger partial charge in [0.2, 0.25) is 0 Å². The third kappa shape index (κ3) is 4.03. The second kappa shape index (κ2) is 7.12. The molecule has 15 heavy (non-hydrogen) atoms. The van der Waals surface area contributed by atoms with Crippen molar-refractivity contribution in [2.24, 2.45) is 11.1 Å². The molecule has 1 unspecified atom stereocenters. The molecule has 1 atom stereocenters. The number of piperidine rings is 1. The van der Waals surface area contributed by atoms with Crippen LogP contribution in [0.1, 0.15) is 26.7 Å². The van der Waals surface area contributed by atoms with Gasteiger partial charge in [0.25, 0.3) is 0 Å². The Hall–Kier alpha value is -0.220. The molecule has 0 radical (unpaired) electrons. The van der Waals surface area contributed by atoms with E-state index in [1.807, 2.05) is 11.8 Å². The van der Waals surface area contributed by atoms with Crippen molar-refractivity contribution in [3.05, 3.63) is 0 Å². The number of hydrogen-bond donors (Lipinski definition) is 1. The van der Waals surface area contributed by atoms with Gasteiger partial charge < -0.3 is 10.1 Å². The van der Waals surface area contributed by atoms with E-state index in [4.69, 9.17) is 5.21 Å². The van der Waals surface area contributed by atoms with Crippen molar-refractivity contribution in [1.82, 2.24) is 4.90 Å². The molecule has 0 saturated carbocycles. The van der Waals surface area contributed by atoms with Crippen LogP contribution in [0.5, 0.6) is 0 Å². The fourth-order valence-corrected chi connectivity index (χ4v) is 2.70. The second-order valence-electron chi connectivity index (χ2n) is 3.94. The number of thioether (sulfide) groups is 1. The van der Waals surface area contributed by atoms with Crippen LogP contribution in [0.3, 0.4) is 0 Å². The lowest BCUT2D eigenvalue weighted by Crippen LogP contribution is -2.41. The van der Waals surface area contributed by atoms with E-state index < -0.39 is 0 Å². The molecule has 0 bridgehead atoms. The highest BCUT2D eigenvalue weighted by molar-refractivity contribution is 7.99. The Morgan fingerprint density at radius 2 is 2.33 bits per heavy atom. The second-order valence-corrected chi connectivity index (χ2v) is 5.34. The van der Waals surface area contributed by atoms with Crippen LogP contribution in [0.2, 0.25) is 0 Å². The Bertz CT molecular complexity index is 209. The fourth-order valence-electron chi connectivity index (χ4n) is 2.02. The zero-order valence-electron chi connectivity index (χ0n) is 9.78. The molecular formula is C11H22N2OS. The summed E-state index contributed by atoms with van der Waals surface area (Å²) in [6.45, 7) is 7.67. The van der Waals surface area contributed by atoms with Gasteiger partial charge in [-0.2, -0.15) is 11.8 Å². The first-order valence-electron chi connectivity index (χ1n) is 5.82. The van der Waals surface area contributed by atoms with Crippen molar-refractivity contribution in [2.75, 3.05) is 31.1 Å². The third-order valence-electron chi connectivity index (χ3n) is 3.01. The van der Waals surface area contributed by atoms with Gasteiger partial charge in [-0.25, -0.2) is 0 Å². The van der Waals surface area contributed by atoms with Crippen LogP contribution in [0.15, 0.2) is 5.16 Å². The number of rotatable bonds is 5. The zero-order valence-corrected chi connectivity index (χ0v) is 10.6. The molecule has 1 N–H and O–H groups in total. The predicted molar refractivity (Wildman–Crippen MR) is 67.1 cm³/mol.